The molecule has 0 bridgehead atoms. The van der Waals surface area contributed by atoms with Crippen molar-refractivity contribution in [2.45, 2.75) is 58.0 Å². The van der Waals surface area contributed by atoms with Crippen LogP contribution < -0.4 is 0 Å². The summed E-state index contributed by atoms with van der Waals surface area (Å²) >= 11 is 0. The smallest absolute Gasteiger partial charge is 0.115 e. The van der Waals surface area contributed by atoms with E-state index >= 15 is 0 Å². The molecule has 0 heterocycles. The summed E-state index contributed by atoms with van der Waals surface area (Å²) in [5.41, 5.74) is 2.76. The third-order valence-electron chi connectivity index (χ3n) is 4.42. The molecule has 1 unspecified atom stereocenters. The third-order valence-corrected chi connectivity index (χ3v) is 4.42. The fraction of sp³-hybridized carbons (Fsp3) is 0.625. The SMILES string of the molecule is CCC(CC)N(C)C1CCCc2cc(O)ccc21. The summed E-state index contributed by atoms with van der Waals surface area (Å²) in [5, 5.41) is 9.60. The Morgan fingerprint density at radius 3 is 2.72 bits per heavy atom. The second kappa shape index (κ2) is 5.75. The predicted molar refractivity (Wildman–Crippen MR) is 75.9 cm³/mol. The topological polar surface area (TPSA) is 23.5 Å². The lowest BCUT2D eigenvalue weighted by Gasteiger charge is -2.38. The van der Waals surface area contributed by atoms with Crippen LogP contribution in [0.3, 0.4) is 0 Å². The highest BCUT2D eigenvalue weighted by Crippen LogP contribution is 2.36. The fourth-order valence-electron chi connectivity index (χ4n) is 3.32. The zero-order valence-corrected chi connectivity index (χ0v) is 11.8. The van der Waals surface area contributed by atoms with Crippen molar-refractivity contribution in [1.29, 1.82) is 0 Å². The van der Waals surface area contributed by atoms with Gasteiger partial charge in [-0.3, -0.25) is 4.90 Å². The van der Waals surface area contributed by atoms with E-state index in [-0.39, 0.29) is 0 Å². The normalized spacial score (nSPS) is 19.3. The average molecular weight is 247 g/mol. The average Bonchev–Trinajstić information content (AvgIpc) is 2.39. The quantitative estimate of drug-likeness (QED) is 0.872. The first kappa shape index (κ1) is 13.4. The number of hydrogen-bond acceptors (Lipinski definition) is 2. The number of aromatic hydroxyl groups is 1. The molecule has 0 spiro atoms. The van der Waals surface area contributed by atoms with E-state index in [9.17, 15) is 5.11 Å². The molecule has 1 aliphatic carbocycles. The Labute approximate surface area is 111 Å². The number of nitrogens with zero attached hydrogens (tertiary/aromatic N) is 1. The summed E-state index contributed by atoms with van der Waals surface area (Å²) < 4.78 is 0. The van der Waals surface area contributed by atoms with Crippen molar-refractivity contribution in [2.24, 2.45) is 0 Å². The molecular weight excluding hydrogens is 222 g/mol. The van der Waals surface area contributed by atoms with E-state index in [2.05, 4.69) is 31.9 Å². The number of phenolic OH excluding ortho intramolecular Hbond substituents is 1. The number of hydrogen-bond donors (Lipinski definition) is 1. The summed E-state index contributed by atoms with van der Waals surface area (Å²) in [7, 11) is 2.25. The van der Waals surface area contributed by atoms with E-state index in [4.69, 9.17) is 0 Å². The van der Waals surface area contributed by atoms with Crippen molar-refractivity contribution in [3.63, 3.8) is 0 Å². The van der Waals surface area contributed by atoms with Crippen molar-refractivity contribution in [3.05, 3.63) is 29.3 Å². The molecule has 1 aliphatic rings. The lowest BCUT2D eigenvalue weighted by atomic mass is 9.86. The monoisotopic (exact) mass is 247 g/mol. The van der Waals surface area contributed by atoms with Crippen molar-refractivity contribution in [2.75, 3.05) is 7.05 Å². The molecule has 2 heteroatoms. The molecule has 0 amide bonds. The molecule has 0 saturated carbocycles. The number of phenols is 1. The zero-order valence-electron chi connectivity index (χ0n) is 11.8. The van der Waals surface area contributed by atoms with Crippen molar-refractivity contribution in [3.8, 4) is 5.75 Å². The van der Waals surface area contributed by atoms with Crippen LogP contribution in [0.2, 0.25) is 0 Å². The van der Waals surface area contributed by atoms with Gasteiger partial charge >= 0.3 is 0 Å². The highest BCUT2D eigenvalue weighted by molar-refractivity contribution is 5.38. The minimum absolute atomic E-state index is 0.402. The minimum atomic E-state index is 0.402. The van der Waals surface area contributed by atoms with E-state index < -0.39 is 0 Å². The lowest BCUT2D eigenvalue weighted by molar-refractivity contribution is 0.148. The van der Waals surface area contributed by atoms with E-state index in [0.717, 1.165) is 6.42 Å². The molecule has 0 saturated heterocycles. The standard InChI is InChI=1S/C16H25NO/c1-4-13(5-2)17(3)16-8-6-7-12-11-14(18)9-10-15(12)16/h9-11,13,16,18H,4-8H2,1-3H3. The Morgan fingerprint density at radius 2 is 2.06 bits per heavy atom. The molecule has 18 heavy (non-hydrogen) atoms. The summed E-state index contributed by atoms with van der Waals surface area (Å²) in [6, 6.07) is 7.09. The van der Waals surface area contributed by atoms with Gasteiger partial charge in [-0.25, -0.2) is 0 Å². The maximum absolute atomic E-state index is 9.60. The second-order valence-corrected chi connectivity index (χ2v) is 5.43. The van der Waals surface area contributed by atoms with Gasteiger partial charge in [0.15, 0.2) is 0 Å². The van der Waals surface area contributed by atoms with E-state index in [1.807, 2.05) is 12.1 Å². The first-order valence-corrected chi connectivity index (χ1v) is 7.21. The number of fused-ring (bicyclic) bond motifs is 1. The van der Waals surface area contributed by atoms with Crippen LogP contribution in [0, 0.1) is 0 Å². The van der Waals surface area contributed by atoms with Gasteiger partial charge in [0.05, 0.1) is 0 Å². The van der Waals surface area contributed by atoms with Crippen LogP contribution in [0.15, 0.2) is 18.2 Å². The molecule has 2 rings (SSSR count). The van der Waals surface area contributed by atoms with Crippen molar-refractivity contribution >= 4 is 0 Å². The molecular formula is C16H25NO. The van der Waals surface area contributed by atoms with Crippen molar-refractivity contribution < 1.29 is 5.11 Å². The van der Waals surface area contributed by atoms with Crippen molar-refractivity contribution in [1.82, 2.24) is 4.90 Å². The van der Waals surface area contributed by atoms with Crippen LogP contribution in [0.4, 0.5) is 0 Å². The third kappa shape index (κ3) is 2.54. The number of benzene rings is 1. The fourth-order valence-corrected chi connectivity index (χ4v) is 3.32. The van der Waals surface area contributed by atoms with Crippen LogP contribution >= 0.6 is 0 Å². The Hall–Kier alpha value is -1.02. The molecule has 2 nitrogen and oxygen atoms in total. The molecule has 1 atom stereocenters. The molecule has 1 N–H and O–H groups in total. The maximum Gasteiger partial charge on any atom is 0.115 e. The number of rotatable bonds is 4. The van der Waals surface area contributed by atoms with Gasteiger partial charge < -0.3 is 5.11 Å². The molecule has 1 aromatic rings. The largest absolute Gasteiger partial charge is 0.508 e. The first-order valence-electron chi connectivity index (χ1n) is 7.21. The molecule has 100 valence electrons. The van der Waals surface area contributed by atoms with Crippen LogP contribution in [-0.4, -0.2) is 23.1 Å². The van der Waals surface area contributed by atoms with Crippen LogP contribution in [-0.2, 0) is 6.42 Å². The molecule has 0 fully saturated rings. The van der Waals surface area contributed by atoms with Crippen LogP contribution in [0.5, 0.6) is 5.75 Å². The summed E-state index contributed by atoms with van der Waals surface area (Å²) in [6.45, 7) is 4.54. The first-order chi connectivity index (χ1) is 8.67. The number of aryl methyl sites for hydroxylation is 1. The highest BCUT2D eigenvalue weighted by atomic mass is 16.3. The molecule has 1 aromatic carbocycles. The van der Waals surface area contributed by atoms with E-state index in [0.29, 0.717) is 17.8 Å². The van der Waals surface area contributed by atoms with Gasteiger partial charge in [0.2, 0.25) is 0 Å². The Morgan fingerprint density at radius 1 is 1.33 bits per heavy atom. The Kier molecular flexibility index (Phi) is 4.28. The molecule has 0 aromatic heterocycles. The zero-order chi connectivity index (χ0) is 13.1. The molecule has 0 radical (unpaired) electrons. The van der Waals surface area contributed by atoms with Gasteiger partial charge in [-0.1, -0.05) is 19.9 Å². The highest BCUT2D eigenvalue weighted by Gasteiger charge is 2.26. The minimum Gasteiger partial charge on any atom is -0.508 e. The summed E-state index contributed by atoms with van der Waals surface area (Å²) in [4.78, 5) is 2.54. The van der Waals surface area contributed by atoms with Gasteiger partial charge in [-0.05, 0) is 62.4 Å². The van der Waals surface area contributed by atoms with Gasteiger partial charge in [0.1, 0.15) is 5.75 Å². The van der Waals surface area contributed by atoms with Gasteiger partial charge in [-0.2, -0.15) is 0 Å². The summed E-state index contributed by atoms with van der Waals surface area (Å²) in [5.74, 6) is 0.402. The lowest BCUT2D eigenvalue weighted by Crippen LogP contribution is -2.36. The molecule has 0 aliphatic heterocycles. The van der Waals surface area contributed by atoms with Crippen LogP contribution in [0.1, 0.15) is 56.7 Å². The van der Waals surface area contributed by atoms with E-state index in [1.165, 1.54) is 36.8 Å². The van der Waals surface area contributed by atoms with E-state index in [1.54, 1.807) is 0 Å². The Bertz CT molecular complexity index is 398. The summed E-state index contributed by atoms with van der Waals surface area (Å²) in [6.07, 6.45) is 5.99. The van der Waals surface area contributed by atoms with Gasteiger partial charge in [-0.15, -0.1) is 0 Å². The predicted octanol–water partition coefficient (Wildman–Crippen LogP) is 3.89. The van der Waals surface area contributed by atoms with Crippen LogP contribution in [0.25, 0.3) is 0 Å². The maximum atomic E-state index is 9.60. The van der Waals surface area contributed by atoms with Gasteiger partial charge in [0.25, 0.3) is 0 Å². The van der Waals surface area contributed by atoms with Gasteiger partial charge in [0, 0.05) is 12.1 Å². The second-order valence-electron chi connectivity index (χ2n) is 5.43. The Balaban J connectivity index is 2.26.